The normalized spacial score (nSPS) is 10.9. The van der Waals surface area contributed by atoms with Crippen molar-refractivity contribution in [1.82, 2.24) is 15.1 Å². The Kier molecular flexibility index (Phi) is 2.14. The van der Waals surface area contributed by atoms with Gasteiger partial charge in [-0.05, 0) is 36.6 Å². The Morgan fingerprint density at radius 1 is 1.24 bits per heavy atom. The second-order valence-electron chi connectivity index (χ2n) is 4.16. The minimum Gasteiger partial charge on any atom is -0.340 e. The van der Waals surface area contributed by atoms with E-state index in [2.05, 4.69) is 28.9 Å². The van der Waals surface area contributed by atoms with Gasteiger partial charge in [0.25, 0.3) is 5.69 Å². The van der Waals surface area contributed by atoms with Crippen molar-refractivity contribution in [2.75, 3.05) is 0 Å². The third-order valence-electron chi connectivity index (χ3n) is 2.99. The Balaban J connectivity index is 2.24. The maximum Gasteiger partial charge on any atom is 0.264 e. The van der Waals surface area contributed by atoms with Gasteiger partial charge in [-0.25, -0.2) is 4.98 Å². The molecule has 0 bridgehead atoms. The van der Waals surface area contributed by atoms with Crippen LogP contribution in [0.15, 0.2) is 36.9 Å². The number of nitrogens with one attached hydrogen (secondary N) is 1. The summed E-state index contributed by atoms with van der Waals surface area (Å²) in [5.74, 6) is 0. The number of aromatic amines is 1. The number of fused-ring (bicyclic) bond motifs is 1. The molecule has 0 aliphatic carbocycles. The van der Waals surface area contributed by atoms with Crippen molar-refractivity contribution in [3.8, 4) is 5.69 Å². The molecule has 3 aromatic heterocycles. The molecule has 4 heteroatoms. The molecule has 3 rings (SSSR count). The first-order valence-electron chi connectivity index (χ1n) is 5.53. The number of pyridine rings is 1. The standard InChI is InChI=1S/C13H13N4/c1-9-6-16-17(8-10(9)2)12-7-15-13-11(12)4-3-5-14-13/h3-8H,1-2H3,(H,14,15)/q+1. The fraction of sp³-hybridized carbons (Fsp3) is 0.154. The van der Waals surface area contributed by atoms with Gasteiger partial charge in [0.2, 0.25) is 6.20 Å². The lowest BCUT2D eigenvalue weighted by Gasteiger charge is -1.95. The highest BCUT2D eigenvalue weighted by molar-refractivity contribution is 5.82. The molecule has 0 aliphatic heterocycles. The summed E-state index contributed by atoms with van der Waals surface area (Å²) in [4.78, 5) is 7.42. The van der Waals surface area contributed by atoms with Gasteiger partial charge in [-0.1, -0.05) is 4.68 Å². The average molecular weight is 225 g/mol. The maximum absolute atomic E-state index is 4.40. The molecule has 0 unspecified atom stereocenters. The first kappa shape index (κ1) is 9.96. The first-order chi connectivity index (χ1) is 8.25. The summed E-state index contributed by atoms with van der Waals surface area (Å²) in [6, 6.07) is 3.97. The number of H-pyrrole nitrogens is 1. The summed E-state index contributed by atoms with van der Waals surface area (Å²) in [6.07, 6.45) is 7.62. The van der Waals surface area contributed by atoms with Crippen LogP contribution in [0, 0.1) is 13.8 Å². The van der Waals surface area contributed by atoms with Gasteiger partial charge in [0.1, 0.15) is 5.65 Å². The predicted molar refractivity (Wildman–Crippen MR) is 64.9 cm³/mol. The van der Waals surface area contributed by atoms with Crippen molar-refractivity contribution in [3.05, 3.63) is 48.0 Å². The van der Waals surface area contributed by atoms with E-state index in [-0.39, 0.29) is 0 Å². The van der Waals surface area contributed by atoms with Crippen LogP contribution in [0.2, 0.25) is 0 Å². The fourth-order valence-corrected chi connectivity index (χ4v) is 1.83. The molecule has 3 aromatic rings. The number of hydrogen-bond donors (Lipinski definition) is 1. The first-order valence-corrected chi connectivity index (χ1v) is 5.53. The number of nitrogens with zero attached hydrogens (tertiary/aromatic N) is 3. The molecule has 0 amide bonds. The topological polar surface area (TPSA) is 45.5 Å². The Morgan fingerprint density at radius 3 is 2.94 bits per heavy atom. The molecule has 0 atom stereocenters. The van der Waals surface area contributed by atoms with Gasteiger partial charge in [-0.2, -0.15) is 0 Å². The smallest absolute Gasteiger partial charge is 0.264 e. The van der Waals surface area contributed by atoms with Gasteiger partial charge in [0, 0.05) is 11.8 Å². The molecule has 0 radical (unpaired) electrons. The maximum atomic E-state index is 4.40. The van der Waals surface area contributed by atoms with Crippen molar-refractivity contribution in [1.29, 1.82) is 0 Å². The Hall–Kier alpha value is -2.23. The van der Waals surface area contributed by atoms with Crippen molar-refractivity contribution in [2.45, 2.75) is 13.8 Å². The molecule has 3 heterocycles. The van der Waals surface area contributed by atoms with Gasteiger partial charge in [0.15, 0.2) is 0 Å². The lowest BCUT2D eigenvalue weighted by molar-refractivity contribution is -0.658. The molecule has 4 nitrogen and oxygen atoms in total. The summed E-state index contributed by atoms with van der Waals surface area (Å²) >= 11 is 0. The largest absolute Gasteiger partial charge is 0.340 e. The molecule has 0 aliphatic rings. The van der Waals surface area contributed by atoms with E-state index >= 15 is 0 Å². The SMILES string of the molecule is Cc1cn[n+](-c2c[nH]c3ncccc23)cc1C. The zero-order chi connectivity index (χ0) is 11.8. The minimum atomic E-state index is 0.884. The van der Waals surface area contributed by atoms with Crippen LogP contribution in [0.25, 0.3) is 16.7 Å². The summed E-state index contributed by atoms with van der Waals surface area (Å²) in [5, 5.41) is 5.48. The molecule has 0 spiro atoms. The third-order valence-corrected chi connectivity index (χ3v) is 2.99. The molecular formula is C13H13N4+. The van der Waals surface area contributed by atoms with E-state index in [9.17, 15) is 0 Å². The van der Waals surface area contributed by atoms with Gasteiger partial charge in [0.05, 0.1) is 17.8 Å². The van der Waals surface area contributed by atoms with Crippen LogP contribution >= 0.6 is 0 Å². The highest BCUT2D eigenvalue weighted by Gasteiger charge is 2.15. The van der Waals surface area contributed by atoms with Crippen molar-refractivity contribution >= 4 is 11.0 Å². The highest BCUT2D eigenvalue weighted by atomic mass is 15.3. The number of aromatic nitrogens is 4. The van der Waals surface area contributed by atoms with Crippen LogP contribution in [0.1, 0.15) is 11.1 Å². The Bertz CT molecular complexity index is 685. The molecule has 0 aromatic carbocycles. The minimum absolute atomic E-state index is 0.884. The third kappa shape index (κ3) is 1.58. The molecule has 1 N–H and O–H groups in total. The highest BCUT2D eigenvalue weighted by Crippen LogP contribution is 2.15. The Morgan fingerprint density at radius 2 is 2.12 bits per heavy atom. The van der Waals surface area contributed by atoms with E-state index in [0.717, 1.165) is 16.7 Å². The van der Waals surface area contributed by atoms with E-state index in [1.165, 1.54) is 11.1 Å². The second kappa shape index (κ2) is 3.66. The molecular weight excluding hydrogens is 212 g/mol. The quantitative estimate of drug-likeness (QED) is 0.642. The summed E-state index contributed by atoms with van der Waals surface area (Å²) in [5.41, 5.74) is 4.32. The average Bonchev–Trinajstić information content (AvgIpc) is 2.76. The molecule has 17 heavy (non-hydrogen) atoms. The Labute approximate surface area is 98.9 Å². The van der Waals surface area contributed by atoms with Gasteiger partial charge in [-0.3, -0.25) is 0 Å². The van der Waals surface area contributed by atoms with Crippen LogP contribution in [0.3, 0.4) is 0 Å². The molecule has 0 saturated heterocycles. The van der Waals surface area contributed by atoms with Gasteiger partial charge >= 0.3 is 0 Å². The number of hydrogen-bond acceptors (Lipinski definition) is 2. The molecule has 0 fully saturated rings. The fourth-order valence-electron chi connectivity index (χ4n) is 1.83. The molecule has 84 valence electrons. The van der Waals surface area contributed by atoms with E-state index in [1.807, 2.05) is 35.4 Å². The summed E-state index contributed by atoms with van der Waals surface area (Å²) in [7, 11) is 0. The van der Waals surface area contributed by atoms with E-state index in [1.54, 1.807) is 6.20 Å². The van der Waals surface area contributed by atoms with Crippen LogP contribution in [-0.4, -0.2) is 15.1 Å². The monoisotopic (exact) mass is 225 g/mol. The zero-order valence-corrected chi connectivity index (χ0v) is 9.81. The van der Waals surface area contributed by atoms with E-state index < -0.39 is 0 Å². The number of rotatable bonds is 1. The lowest BCUT2D eigenvalue weighted by atomic mass is 10.2. The number of aryl methyl sites for hydroxylation is 2. The van der Waals surface area contributed by atoms with Crippen LogP contribution < -0.4 is 4.68 Å². The van der Waals surface area contributed by atoms with Crippen molar-refractivity contribution in [3.63, 3.8) is 0 Å². The van der Waals surface area contributed by atoms with Crippen molar-refractivity contribution in [2.24, 2.45) is 0 Å². The lowest BCUT2D eigenvalue weighted by Crippen LogP contribution is -2.34. The van der Waals surface area contributed by atoms with E-state index in [0.29, 0.717) is 0 Å². The van der Waals surface area contributed by atoms with Gasteiger partial charge in [-0.15, -0.1) is 0 Å². The van der Waals surface area contributed by atoms with Crippen LogP contribution in [0.5, 0.6) is 0 Å². The van der Waals surface area contributed by atoms with Crippen LogP contribution in [0.4, 0.5) is 0 Å². The summed E-state index contributed by atoms with van der Waals surface area (Å²) in [6.45, 7) is 4.14. The summed E-state index contributed by atoms with van der Waals surface area (Å²) < 4.78 is 1.88. The molecule has 0 saturated carbocycles. The predicted octanol–water partition coefficient (Wildman–Crippen LogP) is 1.85. The van der Waals surface area contributed by atoms with E-state index in [4.69, 9.17) is 0 Å². The second-order valence-corrected chi connectivity index (χ2v) is 4.16. The zero-order valence-electron chi connectivity index (χ0n) is 9.81. The van der Waals surface area contributed by atoms with Gasteiger partial charge < -0.3 is 4.98 Å². The van der Waals surface area contributed by atoms with Crippen LogP contribution in [-0.2, 0) is 0 Å². The van der Waals surface area contributed by atoms with Crippen molar-refractivity contribution < 1.29 is 4.68 Å².